The van der Waals surface area contributed by atoms with E-state index in [0.717, 1.165) is 30.6 Å². The summed E-state index contributed by atoms with van der Waals surface area (Å²) in [5, 5.41) is 7.75. The average Bonchev–Trinajstić information content (AvgIpc) is 2.30. The zero-order valence-corrected chi connectivity index (χ0v) is 10.3. The Morgan fingerprint density at radius 1 is 1.44 bits per heavy atom. The van der Waals surface area contributed by atoms with E-state index in [-0.39, 0.29) is 0 Å². The molecule has 0 saturated carbocycles. The molecular formula is C13H19ClN2. The first kappa shape index (κ1) is 11.9. The molecule has 0 aromatic heterocycles. The van der Waals surface area contributed by atoms with Gasteiger partial charge in [0.2, 0.25) is 0 Å². The van der Waals surface area contributed by atoms with Crippen LogP contribution in [-0.4, -0.2) is 19.6 Å². The molecule has 0 aliphatic carbocycles. The van der Waals surface area contributed by atoms with E-state index in [1.807, 2.05) is 18.2 Å². The normalized spacial score (nSPS) is 20.9. The minimum atomic E-state index is 0.785. The number of nitrogens with one attached hydrogen (secondary N) is 2. The van der Waals surface area contributed by atoms with Gasteiger partial charge in [-0.2, -0.15) is 0 Å². The van der Waals surface area contributed by atoms with Crippen LogP contribution < -0.4 is 10.6 Å². The minimum absolute atomic E-state index is 0.785. The Labute approximate surface area is 102 Å². The van der Waals surface area contributed by atoms with Crippen LogP contribution in [0.2, 0.25) is 5.02 Å². The van der Waals surface area contributed by atoms with E-state index in [0.29, 0.717) is 0 Å². The standard InChI is InChI=1S/C13H19ClN2/c14-13-5-1-3-11(7-13)8-16-10-12-4-2-6-15-9-12/h1,3,5,7,12,15-16H,2,4,6,8-10H2/t12-/m1/s1. The summed E-state index contributed by atoms with van der Waals surface area (Å²) in [5.41, 5.74) is 1.26. The lowest BCUT2D eigenvalue weighted by Gasteiger charge is -2.22. The minimum Gasteiger partial charge on any atom is -0.316 e. The van der Waals surface area contributed by atoms with Crippen molar-refractivity contribution in [3.63, 3.8) is 0 Å². The first-order valence-corrected chi connectivity index (χ1v) is 6.38. The van der Waals surface area contributed by atoms with Crippen molar-refractivity contribution in [2.45, 2.75) is 19.4 Å². The van der Waals surface area contributed by atoms with E-state index in [2.05, 4.69) is 16.7 Å². The molecule has 2 N–H and O–H groups in total. The van der Waals surface area contributed by atoms with Crippen molar-refractivity contribution in [3.8, 4) is 0 Å². The van der Waals surface area contributed by atoms with Gasteiger partial charge in [0, 0.05) is 11.6 Å². The lowest BCUT2D eigenvalue weighted by atomic mass is 10.00. The van der Waals surface area contributed by atoms with E-state index < -0.39 is 0 Å². The van der Waals surface area contributed by atoms with Gasteiger partial charge in [-0.3, -0.25) is 0 Å². The molecule has 0 bridgehead atoms. The molecule has 1 aromatic rings. The molecule has 1 atom stereocenters. The summed E-state index contributed by atoms with van der Waals surface area (Å²) in [5.74, 6) is 0.785. The van der Waals surface area contributed by atoms with Crippen LogP contribution in [-0.2, 0) is 6.54 Å². The van der Waals surface area contributed by atoms with Gasteiger partial charge in [-0.15, -0.1) is 0 Å². The topological polar surface area (TPSA) is 24.1 Å². The van der Waals surface area contributed by atoms with E-state index in [1.54, 1.807) is 0 Å². The highest BCUT2D eigenvalue weighted by atomic mass is 35.5. The van der Waals surface area contributed by atoms with Crippen molar-refractivity contribution >= 4 is 11.6 Å². The summed E-state index contributed by atoms with van der Waals surface area (Å²) >= 11 is 5.93. The second kappa shape index (κ2) is 6.24. The Kier molecular flexibility index (Phi) is 4.64. The molecule has 1 aromatic carbocycles. The largest absolute Gasteiger partial charge is 0.316 e. The molecule has 88 valence electrons. The van der Waals surface area contributed by atoms with Crippen molar-refractivity contribution in [1.29, 1.82) is 0 Å². The molecule has 1 heterocycles. The molecule has 2 nitrogen and oxygen atoms in total. The Hall–Kier alpha value is -0.570. The van der Waals surface area contributed by atoms with E-state index in [4.69, 9.17) is 11.6 Å². The lowest BCUT2D eigenvalue weighted by molar-refractivity contribution is 0.360. The summed E-state index contributed by atoms with van der Waals surface area (Å²) in [6.07, 6.45) is 2.65. The fourth-order valence-corrected chi connectivity index (χ4v) is 2.38. The average molecular weight is 239 g/mol. The molecule has 2 rings (SSSR count). The van der Waals surface area contributed by atoms with Crippen molar-refractivity contribution in [2.24, 2.45) is 5.92 Å². The Morgan fingerprint density at radius 2 is 2.38 bits per heavy atom. The Bertz CT molecular complexity index is 321. The molecule has 0 unspecified atom stereocenters. The fourth-order valence-electron chi connectivity index (χ4n) is 2.17. The van der Waals surface area contributed by atoms with Gasteiger partial charge >= 0.3 is 0 Å². The van der Waals surface area contributed by atoms with Gasteiger partial charge < -0.3 is 10.6 Å². The number of hydrogen-bond acceptors (Lipinski definition) is 2. The van der Waals surface area contributed by atoms with Crippen LogP contribution in [0.25, 0.3) is 0 Å². The second-order valence-corrected chi connectivity index (χ2v) is 4.91. The molecule has 1 fully saturated rings. The summed E-state index contributed by atoms with van der Waals surface area (Å²) in [4.78, 5) is 0. The predicted molar refractivity (Wildman–Crippen MR) is 68.8 cm³/mol. The third kappa shape index (κ3) is 3.78. The fraction of sp³-hybridized carbons (Fsp3) is 0.538. The smallest absolute Gasteiger partial charge is 0.0409 e. The highest BCUT2D eigenvalue weighted by Gasteiger charge is 2.11. The summed E-state index contributed by atoms with van der Waals surface area (Å²) in [6.45, 7) is 4.35. The molecule has 0 spiro atoms. The molecule has 1 saturated heterocycles. The second-order valence-electron chi connectivity index (χ2n) is 4.47. The van der Waals surface area contributed by atoms with Gasteiger partial charge in [0.1, 0.15) is 0 Å². The van der Waals surface area contributed by atoms with Gasteiger partial charge in [-0.05, 0) is 56.1 Å². The highest BCUT2D eigenvalue weighted by Crippen LogP contribution is 2.11. The SMILES string of the molecule is Clc1cccc(CNC[C@@H]2CCCNC2)c1. The van der Waals surface area contributed by atoms with Gasteiger partial charge in [-0.1, -0.05) is 23.7 Å². The van der Waals surface area contributed by atoms with Crippen molar-refractivity contribution in [2.75, 3.05) is 19.6 Å². The first-order chi connectivity index (χ1) is 7.84. The van der Waals surface area contributed by atoms with Crippen molar-refractivity contribution in [3.05, 3.63) is 34.9 Å². The summed E-state index contributed by atoms with van der Waals surface area (Å²) in [7, 11) is 0. The van der Waals surface area contributed by atoms with Crippen LogP contribution in [0.4, 0.5) is 0 Å². The number of rotatable bonds is 4. The summed E-state index contributed by atoms with van der Waals surface area (Å²) < 4.78 is 0. The quantitative estimate of drug-likeness (QED) is 0.842. The van der Waals surface area contributed by atoms with Gasteiger partial charge in [0.15, 0.2) is 0 Å². The monoisotopic (exact) mass is 238 g/mol. The third-order valence-corrected chi connectivity index (χ3v) is 3.29. The van der Waals surface area contributed by atoms with E-state index in [1.165, 1.54) is 24.9 Å². The molecule has 1 aliphatic heterocycles. The van der Waals surface area contributed by atoms with Crippen LogP contribution >= 0.6 is 11.6 Å². The van der Waals surface area contributed by atoms with E-state index in [9.17, 15) is 0 Å². The molecule has 3 heteroatoms. The maximum Gasteiger partial charge on any atom is 0.0409 e. The molecule has 0 amide bonds. The third-order valence-electron chi connectivity index (χ3n) is 3.05. The van der Waals surface area contributed by atoms with E-state index >= 15 is 0 Å². The number of halogens is 1. The van der Waals surface area contributed by atoms with Crippen LogP contribution in [0, 0.1) is 5.92 Å². The summed E-state index contributed by atoms with van der Waals surface area (Å²) in [6, 6.07) is 8.04. The van der Waals surface area contributed by atoms with Crippen LogP contribution in [0.5, 0.6) is 0 Å². The zero-order valence-electron chi connectivity index (χ0n) is 9.51. The Morgan fingerprint density at radius 3 is 3.12 bits per heavy atom. The number of piperidine rings is 1. The molecule has 16 heavy (non-hydrogen) atoms. The Balaban J connectivity index is 1.71. The number of hydrogen-bond donors (Lipinski definition) is 2. The molecule has 0 radical (unpaired) electrons. The van der Waals surface area contributed by atoms with Crippen LogP contribution in [0.3, 0.4) is 0 Å². The predicted octanol–water partition coefficient (Wildman–Crippen LogP) is 2.43. The van der Waals surface area contributed by atoms with Gasteiger partial charge in [0.05, 0.1) is 0 Å². The maximum absolute atomic E-state index is 5.93. The maximum atomic E-state index is 5.93. The zero-order chi connectivity index (χ0) is 11.2. The van der Waals surface area contributed by atoms with Crippen molar-refractivity contribution < 1.29 is 0 Å². The van der Waals surface area contributed by atoms with Gasteiger partial charge in [0.25, 0.3) is 0 Å². The van der Waals surface area contributed by atoms with Gasteiger partial charge in [-0.25, -0.2) is 0 Å². The van der Waals surface area contributed by atoms with Crippen LogP contribution in [0.1, 0.15) is 18.4 Å². The molecular weight excluding hydrogens is 220 g/mol. The lowest BCUT2D eigenvalue weighted by Crippen LogP contribution is -2.35. The molecule has 1 aliphatic rings. The van der Waals surface area contributed by atoms with Crippen molar-refractivity contribution in [1.82, 2.24) is 10.6 Å². The first-order valence-electron chi connectivity index (χ1n) is 6.00. The highest BCUT2D eigenvalue weighted by molar-refractivity contribution is 6.30. The van der Waals surface area contributed by atoms with Crippen LogP contribution in [0.15, 0.2) is 24.3 Å². The number of benzene rings is 1.